The maximum absolute atomic E-state index is 13.1. The quantitative estimate of drug-likeness (QED) is 0.0222. The second kappa shape index (κ2) is 72.0. The van der Waals surface area contributed by atoms with Crippen LogP contribution >= 0.6 is 15.6 Å². The number of aliphatic hydroxyl groups is 1. The molecule has 4 unspecified atom stereocenters. The molecule has 0 aromatic carbocycles. The third kappa shape index (κ3) is 74.9. The summed E-state index contributed by atoms with van der Waals surface area (Å²) in [7, 11) is -9.92. The fraction of sp³-hybridized carbons (Fsp3) is 0.952. The first kappa shape index (κ1) is 100. The van der Waals surface area contributed by atoms with Crippen LogP contribution in [0.15, 0.2) is 0 Å². The second-order valence-corrected chi connectivity index (χ2v) is 34.4. The summed E-state index contributed by atoms with van der Waals surface area (Å²) in [4.78, 5) is 73.1. The third-order valence-corrected chi connectivity index (χ3v) is 21.6. The molecular weight excluding hydrogens is 1330 g/mol. The molecule has 0 aliphatic carbocycles. The number of ether oxygens (including phenoxy) is 4. The van der Waals surface area contributed by atoms with Gasteiger partial charge in [-0.25, -0.2) is 9.13 Å². The van der Waals surface area contributed by atoms with Crippen molar-refractivity contribution >= 4 is 39.5 Å². The van der Waals surface area contributed by atoms with E-state index in [1.54, 1.807) is 0 Å². The summed E-state index contributed by atoms with van der Waals surface area (Å²) in [5.41, 5.74) is 0. The van der Waals surface area contributed by atoms with Gasteiger partial charge in [0.05, 0.1) is 26.4 Å². The predicted molar refractivity (Wildman–Crippen MR) is 418 cm³/mol. The Morgan fingerprint density at radius 1 is 0.275 bits per heavy atom. The molecule has 102 heavy (non-hydrogen) atoms. The highest BCUT2D eigenvalue weighted by molar-refractivity contribution is 7.47. The molecular formula is C83H162O17P2. The van der Waals surface area contributed by atoms with Crippen molar-refractivity contribution in [2.45, 2.75) is 446 Å². The van der Waals surface area contributed by atoms with Crippen LogP contribution in [0.2, 0.25) is 0 Å². The summed E-state index contributed by atoms with van der Waals surface area (Å²) < 4.78 is 68.8. The molecule has 0 amide bonds. The van der Waals surface area contributed by atoms with E-state index < -0.39 is 97.5 Å². The van der Waals surface area contributed by atoms with Gasteiger partial charge in [-0.15, -0.1) is 0 Å². The number of aliphatic hydroxyl groups excluding tert-OH is 1. The molecule has 0 rings (SSSR count). The number of unbranched alkanes of at least 4 members (excludes halogenated alkanes) is 45. The summed E-state index contributed by atoms with van der Waals surface area (Å²) in [5.74, 6) is 1.01. The molecule has 0 aromatic rings. The first-order valence-corrected chi connectivity index (χ1v) is 45.7. The normalized spacial score (nSPS) is 14.3. The lowest BCUT2D eigenvalue weighted by atomic mass is 9.99. The van der Waals surface area contributed by atoms with Gasteiger partial charge in [0.25, 0.3) is 0 Å². The number of rotatable bonds is 80. The smallest absolute Gasteiger partial charge is 0.462 e. The lowest BCUT2D eigenvalue weighted by molar-refractivity contribution is -0.161. The van der Waals surface area contributed by atoms with Crippen molar-refractivity contribution in [3.8, 4) is 0 Å². The molecule has 19 heteroatoms. The lowest BCUT2D eigenvalue weighted by Crippen LogP contribution is -2.30. The third-order valence-electron chi connectivity index (χ3n) is 19.7. The SMILES string of the molecule is CCC(C)CCCCCCCCCCCCCCCCC(=O)O[C@H](COC(=O)CCCCCCCCCCCCCCCCCC(C)C)COP(=O)(O)OCC(O)COP(=O)(O)OC[C@@H](COC(=O)CCCCCCCCC(C)C)OC(=O)CCCCCCCCCCCCCCCCC(C)C. The van der Waals surface area contributed by atoms with Gasteiger partial charge in [-0.05, 0) is 49.4 Å². The van der Waals surface area contributed by atoms with Crippen molar-refractivity contribution in [3.63, 3.8) is 0 Å². The minimum atomic E-state index is -4.96. The minimum Gasteiger partial charge on any atom is -0.462 e. The van der Waals surface area contributed by atoms with E-state index in [0.717, 1.165) is 114 Å². The van der Waals surface area contributed by atoms with Crippen LogP contribution < -0.4 is 0 Å². The highest BCUT2D eigenvalue weighted by Gasteiger charge is 2.30. The van der Waals surface area contributed by atoms with Gasteiger partial charge in [-0.1, -0.05) is 376 Å². The maximum atomic E-state index is 13.1. The Labute approximate surface area is 626 Å². The van der Waals surface area contributed by atoms with Crippen LogP contribution in [-0.2, 0) is 65.4 Å². The Balaban J connectivity index is 5.23. The Hall–Kier alpha value is -1.94. The second-order valence-electron chi connectivity index (χ2n) is 31.5. The Bertz CT molecular complexity index is 1990. The first-order valence-electron chi connectivity index (χ1n) is 42.7. The number of phosphoric ester groups is 2. The zero-order valence-corrected chi connectivity index (χ0v) is 69.0. The monoisotopic (exact) mass is 1490 g/mol. The Kier molecular flexibility index (Phi) is 70.6. The van der Waals surface area contributed by atoms with Crippen LogP contribution in [0.25, 0.3) is 0 Å². The molecule has 6 atom stereocenters. The largest absolute Gasteiger partial charge is 0.472 e. The molecule has 0 aliphatic rings. The maximum Gasteiger partial charge on any atom is 0.472 e. The first-order chi connectivity index (χ1) is 49.1. The molecule has 0 saturated heterocycles. The van der Waals surface area contributed by atoms with E-state index in [0.29, 0.717) is 31.6 Å². The molecule has 3 N–H and O–H groups in total. The van der Waals surface area contributed by atoms with Gasteiger partial charge in [-0.2, -0.15) is 0 Å². The van der Waals surface area contributed by atoms with Crippen LogP contribution in [0, 0.1) is 23.7 Å². The van der Waals surface area contributed by atoms with Crippen LogP contribution in [0.4, 0.5) is 0 Å². The standard InChI is InChI=1S/C83H162O17P2/c1-9-76(8)62-54-46-37-31-25-19-14-16-22-28-34-40-50-58-65-82(87)99-78(69-93-80(85)63-55-47-38-32-26-20-12-10-11-17-23-29-35-43-51-59-73(2)3)71-97-101(89,90)95-67-77(84)68-96-102(91,92)98-72-79(70-94-81(86)64-56-48-42-41-45-53-61-75(6)7)100-83(88)66-57-49-39-33-27-21-15-13-18-24-30-36-44-52-60-74(4)5/h73-79,84H,9-72H2,1-8H3,(H,89,90)(H,91,92)/t76?,77?,78-,79-/m1/s1. The number of hydrogen-bond acceptors (Lipinski definition) is 15. The van der Waals surface area contributed by atoms with E-state index in [9.17, 15) is 43.2 Å². The molecule has 0 fully saturated rings. The fourth-order valence-electron chi connectivity index (χ4n) is 12.8. The van der Waals surface area contributed by atoms with Crippen LogP contribution in [0.5, 0.6) is 0 Å². The Morgan fingerprint density at radius 2 is 0.471 bits per heavy atom. The molecule has 0 aliphatic heterocycles. The van der Waals surface area contributed by atoms with Gasteiger partial charge in [0.15, 0.2) is 12.2 Å². The number of phosphoric acid groups is 2. The van der Waals surface area contributed by atoms with Crippen LogP contribution in [0.3, 0.4) is 0 Å². The average molecular weight is 1490 g/mol. The highest BCUT2D eigenvalue weighted by atomic mass is 31.2. The van der Waals surface area contributed by atoms with E-state index in [2.05, 4.69) is 55.4 Å². The van der Waals surface area contributed by atoms with Gasteiger partial charge in [-0.3, -0.25) is 37.3 Å². The Morgan fingerprint density at radius 3 is 0.696 bits per heavy atom. The van der Waals surface area contributed by atoms with Gasteiger partial charge in [0.1, 0.15) is 19.3 Å². The lowest BCUT2D eigenvalue weighted by Gasteiger charge is -2.21. The molecule has 17 nitrogen and oxygen atoms in total. The van der Waals surface area contributed by atoms with Crippen molar-refractivity contribution in [2.24, 2.45) is 23.7 Å². The fourth-order valence-corrected chi connectivity index (χ4v) is 14.3. The summed E-state index contributed by atoms with van der Waals surface area (Å²) >= 11 is 0. The van der Waals surface area contributed by atoms with Crippen molar-refractivity contribution in [2.75, 3.05) is 39.6 Å². The summed E-state index contributed by atoms with van der Waals surface area (Å²) in [6.45, 7) is 14.3. The highest BCUT2D eigenvalue weighted by Crippen LogP contribution is 2.45. The van der Waals surface area contributed by atoms with E-state index >= 15 is 0 Å². The van der Waals surface area contributed by atoms with E-state index in [1.807, 2.05) is 0 Å². The number of hydrogen-bond donors (Lipinski definition) is 3. The average Bonchev–Trinajstić information content (AvgIpc) is 0.918. The minimum absolute atomic E-state index is 0.106. The van der Waals surface area contributed by atoms with Gasteiger partial charge in [0.2, 0.25) is 0 Å². The molecule has 0 saturated carbocycles. The molecule has 0 bridgehead atoms. The van der Waals surface area contributed by atoms with Crippen molar-refractivity contribution < 1.29 is 80.2 Å². The van der Waals surface area contributed by atoms with Gasteiger partial charge in [0, 0.05) is 25.7 Å². The molecule has 0 aromatic heterocycles. The summed E-state index contributed by atoms with van der Waals surface area (Å²) in [6, 6.07) is 0. The van der Waals surface area contributed by atoms with Crippen LogP contribution in [-0.4, -0.2) is 96.7 Å². The van der Waals surface area contributed by atoms with Crippen molar-refractivity contribution in [1.82, 2.24) is 0 Å². The predicted octanol–water partition coefficient (Wildman–Crippen LogP) is 24.8. The molecule has 0 radical (unpaired) electrons. The van der Waals surface area contributed by atoms with Gasteiger partial charge < -0.3 is 33.8 Å². The van der Waals surface area contributed by atoms with Gasteiger partial charge >= 0.3 is 39.5 Å². The van der Waals surface area contributed by atoms with Crippen molar-refractivity contribution in [3.05, 3.63) is 0 Å². The van der Waals surface area contributed by atoms with E-state index in [4.69, 9.17) is 37.0 Å². The van der Waals surface area contributed by atoms with E-state index in [1.165, 1.54) is 225 Å². The van der Waals surface area contributed by atoms with E-state index in [-0.39, 0.29) is 25.7 Å². The zero-order chi connectivity index (χ0) is 75.3. The molecule has 0 heterocycles. The zero-order valence-electron chi connectivity index (χ0n) is 67.2. The number of carbonyl (C=O) groups is 4. The molecule has 606 valence electrons. The number of esters is 4. The number of carbonyl (C=O) groups excluding carboxylic acids is 4. The topological polar surface area (TPSA) is 237 Å². The molecule has 0 spiro atoms. The van der Waals surface area contributed by atoms with Crippen LogP contribution in [0.1, 0.15) is 428 Å². The van der Waals surface area contributed by atoms with Crippen molar-refractivity contribution in [1.29, 1.82) is 0 Å². The summed E-state index contributed by atoms with van der Waals surface area (Å²) in [6.07, 6.45) is 59.7. The summed E-state index contributed by atoms with van der Waals surface area (Å²) in [5, 5.41) is 10.7.